The predicted molar refractivity (Wildman–Crippen MR) is 72.2 cm³/mol. The van der Waals surface area contributed by atoms with Crippen LogP contribution in [-0.4, -0.2) is 23.9 Å². The molecule has 3 rings (SSSR count). The summed E-state index contributed by atoms with van der Waals surface area (Å²) in [5, 5.41) is 2.25. The van der Waals surface area contributed by atoms with Crippen LogP contribution in [0.3, 0.4) is 0 Å². The van der Waals surface area contributed by atoms with Crippen molar-refractivity contribution >= 4 is 32.6 Å². The molecular weight excluding hydrogens is 278 g/mol. The maximum Gasteiger partial charge on any atom is 0.253 e. The summed E-state index contributed by atoms with van der Waals surface area (Å²) in [4.78, 5) is 14.0. The molecule has 0 aliphatic carbocycles. The number of hydrogen-bond acceptors (Lipinski definition) is 1. The molecule has 2 nitrogen and oxygen atoms in total. The van der Waals surface area contributed by atoms with Crippen molar-refractivity contribution in [3.05, 3.63) is 46.4 Å². The van der Waals surface area contributed by atoms with Gasteiger partial charge in [-0.05, 0) is 35.4 Å². The lowest BCUT2D eigenvalue weighted by Gasteiger charge is -2.31. The van der Waals surface area contributed by atoms with Crippen molar-refractivity contribution in [3.8, 4) is 0 Å². The fraction of sp³-hybridized carbons (Fsp3) is 0.214. The maximum absolute atomic E-state index is 12.1. The van der Waals surface area contributed by atoms with Crippen molar-refractivity contribution in [2.45, 2.75) is 6.42 Å². The van der Waals surface area contributed by atoms with Gasteiger partial charge in [0.25, 0.3) is 5.91 Å². The highest BCUT2D eigenvalue weighted by atomic mass is 79.9. The molecular formula is C14H12BrNO. The predicted octanol–water partition coefficient (Wildman–Crippen LogP) is 3.45. The fourth-order valence-electron chi connectivity index (χ4n) is 2.08. The van der Waals surface area contributed by atoms with Gasteiger partial charge in [0.1, 0.15) is 0 Å². The quantitative estimate of drug-likeness (QED) is 0.787. The van der Waals surface area contributed by atoms with Crippen LogP contribution >= 0.6 is 15.9 Å². The van der Waals surface area contributed by atoms with Crippen LogP contribution in [0.2, 0.25) is 0 Å². The Bertz CT molecular complexity index is 590. The Kier molecular flexibility index (Phi) is 2.63. The van der Waals surface area contributed by atoms with Crippen LogP contribution in [0.1, 0.15) is 16.8 Å². The normalized spacial score (nSPS) is 14.8. The van der Waals surface area contributed by atoms with Gasteiger partial charge in [0.15, 0.2) is 0 Å². The van der Waals surface area contributed by atoms with Gasteiger partial charge in [0.2, 0.25) is 0 Å². The van der Waals surface area contributed by atoms with E-state index in [4.69, 9.17) is 0 Å². The zero-order chi connectivity index (χ0) is 11.8. The minimum Gasteiger partial charge on any atom is -0.339 e. The Morgan fingerprint density at radius 1 is 1.18 bits per heavy atom. The summed E-state index contributed by atoms with van der Waals surface area (Å²) in [6.07, 6.45) is 1.13. The van der Waals surface area contributed by atoms with Gasteiger partial charge in [-0.2, -0.15) is 0 Å². The maximum atomic E-state index is 12.1. The zero-order valence-electron chi connectivity index (χ0n) is 9.32. The summed E-state index contributed by atoms with van der Waals surface area (Å²) in [6.45, 7) is 1.80. The van der Waals surface area contributed by atoms with E-state index in [0.717, 1.165) is 40.3 Å². The SMILES string of the molecule is O=C(c1ccc2c(Br)cccc2c1)N1CCC1. The second-order valence-electron chi connectivity index (χ2n) is 4.32. The molecule has 2 aromatic carbocycles. The smallest absolute Gasteiger partial charge is 0.253 e. The molecule has 3 heteroatoms. The molecule has 0 radical (unpaired) electrons. The van der Waals surface area contributed by atoms with Crippen LogP contribution in [0, 0.1) is 0 Å². The first-order chi connectivity index (χ1) is 8.25. The van der Waals surface area contributed by atoms with Gasteiger partial charge in [-0.15, -0.1) is 0 Å². The van der Waals surface area contributed by atoms with Crippen molar-refractivity contribution < 1.29 is 4.79 Å². The molecule has 1 heterocycles. The lowest BCUT2D eigenvalue weighted by molar-refractivity contribution is 0.0652. The zero-order valence-corrected chi connectivity index (χ0v) is 10.9. The van der Waals surface area contributed by atoms with Gasteiger partial charge < -0.3 is 4.90 Å². The number of hydrogen-bond donors (Lipinski definition) is 0. The van der Waals surface area contributed by atoms with E-state index in [2.05, 4.69) is 15.9 Å². The second-order valence-corrected chi connectivity index (χ2v) is 5.18. The molecule has 86 valence electrons. The van der Waals surface area contributed by atoms with E-state index < -0.39 is 0 Å². The van der Waals surface area contributed by atoms with Crippen LogP contribution in [0.25, 0.3) is 10.8 Å². The number of rotatable bonds is 1. The number of benzene rings is 2. The van der Waals surface area contributed by atoms with Crippen molar-refractivity contribution in [2.75, 3.05) is 13.1 Å². The Morgan fingerprint density at radius 3 is 2.71 bits per heavy atom. The Balaban J connectivity index is 2.04. The third-order valence-corrected chi connectivity index (χ3v) is 3.91. The van der Waals surface area contributed by atoms with E-state index >= 15 is 0 Å². The topological polar surface area (TPSA) is 20.3 Å². The number of halogens is 1. The van der Waals surface area contributed by atoms with Gasteiger partial charge in [0.05, 0.1) is 0 Å². The first-order valence-corrected chi connectivity index (χ1v) is 6.52. The molecule has 0 atom stereocenters. The molecule has 2 aromatic rings. The molecule has 17 heavy (non-hydrogen) atoms. The summed E-state index contributed by atoms with van der Waals surface area (Å²) in [7, 11) is 0. The highest BCUT2D eigenvalue weighted by Crippen LogP contribution is 2.25. The van der Waals surface area contributed by atoms with Gasteiger partial charge in [-0.25, -0.2) is 0 Å². The van der Waals surface area contributed by atoms with E-state index in [1.807, 2.05) is 41.3 Å². The van der Waals surface area contributed by atoms with Crippen molar-refractivity contribution in [1.29, 1.82) is 0 Å². The third-order valence-electron chi connectivity index (χ3n) is 3.22. The number of nitrogens with zero attached hydrogens (tertiary/aromatic N) is 1. The second kappa shape index (κ2) is 4.15. The largest absolute Gasteiger partial charge is 0.339 e. The van der Waals surface area contributed by atoms with Crippen molar-refractivity contribution in [1.82, 2.24) is 4.90 Å². The summed E-state index contributed by atoms with van der Waals surface area (Å²) >= 11 is 3.52. The lowest BCUT2D eigenvalue weighted by Crippen LogP contribution is -2.41. The van der Waals surface area contributed by atoms with Crippen molar-refractivity contribution in [2.24, 2.45) is 0 Å². The summed E-state index contributed by atoms with van der Waals surface area (Å²) in [5.41, 5.74) is 0.787. The first-order valence-electron chi connectivity index (χ1n) is 5.73. The fourth-order valence-corrected chi connectivity index (χ4v) is 2.59. The number of carbonyl (C=O) groups excluding carboxylic acids is 1. The first kappa shape index (κ1) is 10.8. The van der Waals surface area contributed by atoms with Crippen LogP contribution in [0.4, 0.5) is 0 Å². The summed E-state index contributed by atoms with van der Waals surface area (Å²) < 4.78 is 1.07. The van der Waals surface area contributed by atoms with Crippen molar-refractivity contribution in [3.63, 3.8) is 0 Å². The molecule has 0 unspecified atom stereocenters. The molecule has 1 aliphatic heterocycles. The van der Waals surface area contributed by atoms with E-state index in [-0.39, 0.29) is 5.91 Å². The highest BCUT2D eigenvalue weighted by molar-refractivity contribution is 9.10. The molecule has 0 saturated carbocycles. The molecule has 0 bridgehead atoms. The minimum atomic E-state index is 0.151. The number of amides is 1. The molecule has 1 amide bonds. The molecule has 0 spiro atoms. The minimum absolute atomic E-state index is 0.151. The van der Waals surface area contributed by atoms with Crippen LogP contribution in [-0.2, 0) is 0 Å². The van der Waals surface area contributed by atoms with Gasteiger partial charge in [0, 0.05) is 23.1 Å². The van der Waals surface area contributed by atoms with Crippen LogP contribution in [0.15, 0.2) is 40.9 Å². The average Bonchev–Trinajstić information content (AvgIpc) is 2.26. The van der Waals surface area contributed by atoms with E-state index in [1.54, 1.807) is 0 Å². The highest BCUT2D eigenvalue weighted by Gasteiger charge is 2.21. The third kappa shape index (κ3) is 1.84. The van der Waals surface area contributed by atoms with E-state index in [0.29, 0.717) is 0 Å². The molecule has 1 aliphatic rings. The number of likely N-dealkylation sites (tertiary alicyclic amines) is 1. The summed E-state index contributed by atoms with van der Waals surface area (Å²) in [5.74, 6) is 0.151. The molecule has 0 aromatic heterocycles. The monoisotopic (exact) mass is 289 g/mol. The van der Waals surface area contributed by atoms with Gasteiger partial charge in [-0.1, -0.05) is 34.1 Å². The summed E-state index contributed by atoms with van der Waals surface area (Å²) in [6, 6.07) is 11.9. The van der Waals surface area contributed by atoms with Crippen LogP contribution < -0.4 is 0 Å². The molecule has 1 fully saturated rings. The molecule has 1 saturated heterocycles. The number of carbonyl (C=O) groups is 1. The van der Waals surface area contributed by atoms with E-state index in [1.165, 1.54) is 0 Å². The Hall–Kier alpha value is -1.35. The Labute approximate surface area is 108 Å². The van der Waals surface area contributed by atoms with Gasteiger partial charge in [-0.3, -0.25) is 4.79 Å². The molecule has 0 N–H and O–H groups in total. The standard InChI is InChI=1S/C14H12BrNO/c15-13-4-1-3-10-9-11(5-6-12(10)13)14(17)16-7-2-8-16/h1,3-6,9H,2,7-8H2. The van der Waals surface area contributed by atoms with E-state index in [9.17, 15) is 4.79 Å². The Morgan fingerprint density at radius 2 is 2.00 bits per heavy atom. The lowest BCUT2D eigenvalue weighted by atomic mass is 10.1. The van der Waals surface area contributed by atoms with Gasteiger partial charge >= 0.3 is 0 Å². The average molecular weight is 290 g/mol. The number of fused-ring (bicyclic) bond motifs is 1. The van der Waals surface area contributed by atoms with Crippen LogP contribution in [0.5, 0.6) is 0 Å².